The van der Waals surface area contributed by atoms with E-state index in [1.165, 1.54) is 88.2 Å². The summed E-state index contributed by atoms with van der Waals surface area (Å²) in [6.07, 6.45) is 9.93. The van der Waals surface area contributed by atoms with Crippen molar-refractivity contribution in [3.63, 3.8) is 0 Å². The van der Waals surface area contributed by atoms with Gasteiger partial charge in [-0.05, 0) is 82.3 Å². The maximum atomic E-state index is 2.51. The van der Waals surface area contributed by atoms with Gasteiger partial charge in [0.25, 0.3) is 0 Å². The fourth-order valence-electron chi connectivity index (χ4n) is 9.24. The first-order valence-corrected chi connectivity index (χ1v) is 19.9. The van der Waals surface area contributed by atoms with Crippen molar-refractivity contribution in [3.8, 4) is 44.8 Å². The first-order chi connectivity index (χ1) is 28.1. The van der Waals surface area contributed by atoms with Gasteiger partial charge in [0.2, 0.25) is 0 Å². The van der Waals surface area contributed by atoms with Crippen molar-refractivity contribution in [2.75, 3.05) is 0 Å². The minimum Gasteiger partial charge on any atom is -0.309 e. The first kappa shape index (κ1) is 33.2. The number of hydrogen-bond donors (Lipinski definition) is 0. The highest BCUT2D eigenvalue weighted by Crippen LogP contribution is 2.44. The van der Waals surface area contributed by atoms with E-state index in [0.29, 0.717) is 0 Å². The van der Waals surface area contributed by atoms with Crippen LogP contribution in [0.25, 0.3) is 88.4 Å². The second-order valence-corrected chi connectivity index (χ2v) is 15.6. The second-order valence-electron chi connectivity index (χ2n) is 15.6. The topological polar surface area (TPSA) is 9.86 Å². The van der Waals surface area contributed by atoms with Crippen LogP contribution in [0.15, 0.2) is 212 Å². The molecule has 10 aromatic rings. The SMILES string of the molecule is CC1(c2cccc(-c3cccc(-c4ccc(-c5ccccc5-n5c6ccccc6c6ccc7c(c8ccccc8n7-c7ccccc7)c65)cc4)c3)c2)C=CC=CC1. The smallest absolute Gasteiger partial charge is 0.0641 e. The van der Waals surface area contributed by atoms with Crippen LogP contribution in [0.5, 0.6) is 0 Å². The van der Waals surface area contributed by atoms with E-state index < -0.39 is 0 Å². The third-order valence-corrected chi connectivity index (χ3v) is 12.1. The van der Waals surface area contributed by atoms with Crippen molar-refractivity contribution in [1.82, 2.24) is 9.13 Å². The average molecular weight is 729 g/mol. The number of para-hydroxylation sites is 4. The Hall–Kier alpha value is -7.16. The number of rotatable bonds is 6. The van der Waals surface area contributed by atoms with Gasteiger partial charge >= 0.3 is 0 Å². The molecule has 2 aromatic heterocycles. The molecule has 2 nitrogen and oxygen atoms in total. The molecule has 270 valence electrons. The van der Waals surface area contributed by atoms with Crippen LogP contribution in [0.1, 0.15) is 18.9 Å². The Morgan fingerprint density at radius 2 is 1.09 bits per heavy atom. The van der Waals surface area contributed by atoms with Crippen LogP contribution in [-0.2, 0) is 5.41 Å². The molecule has 1 aliphatic rings. The molecule has 0 bridgehead atoms. The molecule has 2 heteroatoms. The van der Waals surface area contributed by atoms with Crippen molar-refractivity contribution in [2.45, 2.75) is 18.8 Å². The van der Waals surface area contributed by atoms with Gasteiger partial charge in [-0.2, -0.15) is 0 Å². The van der Waals surface area contributed by atoms with Crippen molar-refractivity contribution < 1.29 is 0 Å². The second kappa shape index (κ2) is 13.3. The molecule has 0 amide bonds. The van der Waals surface area contributed by atoms with Gasteiger partial charge in [-0.15, -0.1) is 0 Å². The number of benzene rings is 8. The van der Waals surface area contributed by atoms with Gasteiger partial charge in [0.05, 0.1) is 27.8 Å². The lowest BCUT2D eigenvalue weighted by Crippen LogP contribution is -2.19. The van der Waals surface area contributed by atoms with Gasteiger partial charge in [0, 0.05) is 38.2 Å². The summed E-state index contributed by atoms with van der Waals surface area (Å²) in [5, 5.41) is 5.02. The highest BCUT2D eigenvalue weighted by atomic mass is 15.0. The van der Waals surface area contributed by atoms with Crippen molar-refractivity contribution in [3.05, 3.63) is 218 Å². The molecule has 8 aromatic carbocycles. The van der Waals surface area contributed by atoms with Gasteiger partial charge in [-0.25, -0.2) is 0 Å². The molecule has 1 aliphatic carbocycles. The van der Waals surface area contributed by atoms with E-state index in [-0.39, 0.29) is 5.41 Å². The van der Waals surface area contributed by atoms with Crippen molar-refractivity contribution in [2.24, 2.45) is 0 Å². The van der Waals surface area contributed by atoms with E-state index in [1.54, 1.807) is 0 Å². The number of nitrogens with zero attached hydrogens (tertiary/aromatic N) is 2. The predicted molar refractivity (Wildman–Crippen MR) is 242 cm³/mol. The van der Waals surface area contributed by atoms with Crippen LogP contribution in [0.3, 0.4) is 0 Å². The average Bonchev–Trinajstić information content (AvgIpc) is 3.80. The summed E-state index contributed by atoms with van der Waals surface area (Å²) in [7, 11) is 0. The minimum atomic E-state index is 0.0146. The summed E-state index contributed by atoms with van der Waals surface area (Å²) in [6.45, 7) is 2.33. The maximum absolute atomic E-state index is 2.51. The van der Waals surface area contributed by atoms with E-state index >= 15 is 0 Å². The highest BCUT2D eigenvalue weighted by molar-refractivity contribution is 6.26. The van der Waals surface area contributed by atoms with Crippen LogP contribution < -0.4 is 0 Å². The Labute approximate surface area is 332 Å². The van der Waals surface area contributed by atoms with Gasteiger partial charge in [0.1, 0.15) is 0 Å². The Bertz CT molecular complexity index is 3210. The number of hydrogen-bond acceptors (Lipinski definition) is 0. The molecule has 0 N–H and O–H groups in total. The van der Waals surface area contributed by atoms with E-state index in [0.717, 1.165) is 12.1 Å². The van der Waals surface area contributed by atoms with Crippen molar-refractivity contribution >= 4 is 43.6 Å². The lowest BCUT2D eigenvalue weighted by molar-refractivity contribution is 0.600. The van der Waals surface area contributed by atoms with Crippen LogP contribution in [0.4, 0.5) is 0 Å². The normalized spacial score (nSPS) is 15.3. The van der Waals surface area contributed by atoms with Crippen LogP contribution in [0.2, 0.25) is 0 Å². The Kier molecular flexibility index (Phi) is 7.72. The van der Waals surface area contributed by atoms with Gasteiger partial charge < -0.3 is 9.13 Å². The third kappa shape index (κ3) is 5.40. The van der Waals surface area contributed by atoms with Gasteiger partial charge in [0.15, 0.2) is 0 Å². The molecule has 1 unspecified atom stereocenters. The standard InChI is InChI=1S/C55H40N2/c1-55(34-12-3-13-35-55)43-19-15-18-42(37-43)41-17-14-16-40(36-41)38-28-30-39(31-29-38)45-22-6-9-25-49(45)57-50-26-10-7-23-46(50)47-32-33-52-53(54(47)57)48-24-8-11-27-51(48)56(52)44-20-4-2-5-21-44/h2-34,36-37H,35H2,1H3. The first-order valence-electron chi connectivity index (χ1n) is 19.9. The largest absolute Gasteiger partial charge is 0.309 e. The van der Waals surface area contributed by atoms with E-state index in [4.69, 9.17) is 0 Å². The Balaban J connectivity index is 1.04. The highest BCUT2D eigenvalue weighted by Gasteiger charge is 2.24. The molecule has 0 fully saturated rings. The predicted octanol–water partition coefficient (Wildman–Crippen LogP) is 14.7. The molecule has 0 radical (unpaired) electrons. The molecule has 1 atom stereocenters. The van der Waals surface area contributed by atoms with E-state index in [1.807, 2.05) is 0 Å². The summed E-state index contributed by atoms with van der Waals surface area (Å²) in [5.74, 6) is 0. The Morgan fingerprint density at radius 1 is 0.439 bits per heavy atom. The van der Waals surface area contributed by atoms with Crippen LogP contribution >= 0.6 is 0 Å². The zero-order valence-electron chi connectivity index (χ0n) is 31.8. The molecule has 11 rings (SSSR count). The summed E-state index contributed by atoms with van der Waals surface area (Å²) < 4.78 is 4.92. The summed E-state index contributed by atoms with van der Waals surface area (Å²) >= 11 is 0. The van der Waals surface area contributed by atoms with E-state index in [2.05, 4.69) is 228 Å². The van der Waals surface area contributed by atoms with Crippen molar-refractivity contribution in [1.29, 1.82) is 0 Å². The lowest BCUT2D eigenvalue weighted by atomic mass is 9.76. The van der Waals surface area contributed by atoms with E-state index in [9.17, 15) is 0 Å². The molecule has 0 saturated heterocycles. The maximum Gasteiger partial charge on any atom is 0.0641 e. The zero-order valence-corrected chi connectivity index (χ0v) is 31.8. The number of fused-ring (bicyclic) bond motifs is 7. The van der Waals surface area contributed by atoms with Gasteiger partial charge in [-0.3, -0.25) is 0 Å². The fourth-order valence-corrected chi connectivity index (χ4v) is 9.24. The number of aromatic nitrogens is 2. The quantitative estimate of drug-likeness (QED) is 0.161. The monoisotopic (exact) mass is 728 g/mol. The fraction of sp³-hybridized carbons (Fsp3) is 0.0545. The molecule has 0 spiro atoms. The number of allylic oxidation sites excluding steroid dienone is 4. The van der Waals surface area contributed by atoms with Gasteiger partial charge in [-0.1, -0.05) is 177 Å². The zero-order chi connectivity index (χ0) is 37.9. The summed E-state index contributed by atoms with van der Waals surface area (Å²) in [6, 6.07) is 69.1. The Morgan fingerprint density at radius 3 is 1.88 bits per heavy atom. The third-order valence-electron chi connectivity index (χ3n) is 12.1. The molecular weight excluding hydrogens is 689 g/mol. The minimum absolute atomic E-state index is 0.0146. The molecule has 0 saturated carbocycles. The summed E-state index contributed by atoms with van der Waals surface area (Å²) in [5.41, 5.74) is 15.8. The molecule has 2 heterocycles. The van der Waals surface area contributed by atoms with Crippen LogP contribution in [-0.4, -0.2) is 9.13 Å². The lowest BCUT2D eigenvalue weighted by Gasteiger charge is -2.27. The molecular formula is C55H40N2. The van der Waals surface area contributed by atoms with Crippen LogP contribution in [0, 0.1) is 0 Å². The molecule has 0 aliphatic heterocycles. The molecule has 57 heavy (non-hydrogen) atoms. The summed E-state index contributed by atoms with van der Waals surface area (Å²) in [4.78, 5) is 0.